The Morgan fingerprint density at radius 3 is 3.00 bits per heavy atom. The van der Waals surface area contributed by atoms with Crippen LogP contribution in [0, 0.1) is 0 Å². The molecule has 1 atom stereocenters. The van der Waals surface area contributed by atoms with E-state index in [2.05, 4.69) is 17.6 Å². The van der Waals surface area contributed by atoms with Crippen molar-refractivity contribution < 1.29 is 4.74 Å². The van der Waals surface area contributed by atoms with E-state index in [9.17, 15) is 0 Å². The summed E-state index contributed by atoms with van der Waals surface area (Å²) in [5, 5.41) is 7.54. The summed E-state index contributed by atoms with van der Waals surface area (Å²) >= 11 is 6.00. The van der Waals surface area contributed by atoms with Crippen LogP contribution in [0.1, 0.15) is 13.3 Å². The standard InChI is InChI=1S/C13H19ClN2O/c1-13(6-7-15-10-13)16-8-9-17-12-5-3-2-4-11(12)14/h2-5,15-16H,6-10H2,1H3. The second kappa shape index (κ2) is 5.71. The molecule has 1 aliphatic rings. The van der Waals surface area contributed by atoms with E-state index < -0.39 is 0 Å². The molecule has 1 fully saturated rings. The van der Waals surface area contributed by atoms with Crippen LogP contribution in [-0.2, 0) is 0 Å². The Morgan fingerprint density at radius 2 is 2.29 bits per heavy atom. The van der Waals surface area contributed by atoms with Gasteiger partial charge in [0.15, 0.2) is 0 Å². The predicted molar refractivity (Wildman–Crippen MR) is 70.8 cm³/mol. The average Bonchev–Trinajstić information content (AvgIpc) is 2.74. The van der Waals surface area contributed by atoms with Gasteiger partial charge in [-0.15, -0.1) is 0 Å². The van der Waals surface area contributed by atoms with E-state index in [4.69, 9.17) is 16.3 Å². The van der Waals surface area contributed by atoms with E-state index in [1.54, 1.807) is 0 Å². The molecule has 2 N–H and O–H groups in total. The maximum absolute atomic E-state index is 6.00. The summed E-state index contributed by atoms with van der Waals surface area (Å²) in [5.74, 6) is 0.755. The number of halogens is 1. The van der Waals surface area contributed by atoms with Crippen molar-refractivity contribution >= 4 is 11.6 Å². The third-order valence-electron chi connectivity index (χ3n) is 3.12. The number of hydrogen-bond donors (Lipinski definition) is 2. The highest BCUT2D eigenvalue weighted by molar-refractivity contribution is 6.32. The lowest BCUT2D eigenvalue weighted by Crippen LogP contribution is -2.45. The summed E-state index contributed by atoms with van der Waals surface area (Å²) in [4.78, 5) is 0. The molecule has 0 radical (unpaired) electrons. The largest absolute Gasteiger partial charge is 0.491 e. The highest BCUT2D eigenvalue weighted by atomic mass is 35.5. The predicted octanol–water partition coefficient (Wildman–Crippen LogP) is 2.06. The zero-order chi connectivity index (χ0) is 12.1. The van der Waals surface area contributed by atoms with Gasteiger partial charge in [-0.05, 0) is 32.0 Å². The molecular weight excluding hydrogens is 236 g/mol. The molecule has 1 aromatic carbocycles. The molecule has 0 aromatic heterocycles. The monoisotopic (exact) mass is 254 g/mol. The number of hydrogen-bond acceptors (Lipinski definition) is 3. The summed E-state index contributed by atoms with van der Waals surface area (Å²) in [7, 11) is 0. The number of nitrogens with one attached hydrogen (secondary N) is 2. The molecule has 1 aliphatic heterocycles. The van der Waals surface area contributed by atoms with E-state index in [1.807, 2.05) is 24.3 Å². The van der Waals surface area contributed by atoms with Crippen molar-refractivity contribution in [3.05, 3.63) is 29.3 Å². The van der Waals surface area contributed by atoms with Crippen LogP contribution in [0.5, 0.6) is 5.75 Å². The first-order chi connectivity index (χ1) is 8.20. The van der Waals surface area contributed by atoms with E-state index in [1.165, 1.54) is 6.42 Å². The average molecular weight is 255 g/mol. The van der Waals surface area contributed by atoms with Crippen LogP contribution in [0.3, 0.4) is 0 Å². The Hall–Kier alpha value is -0.770. The van der Waals surface area contributed by atoms with E-state index >= 15 is 0 Å². The third-order valence-corrected chi connectivity index (χ3v) is 3.43. The lowest BCUT2D eigenvalue weighted by Gasteiger charge is -2.24. The minimum Gasteiger partial charge on any atom is -0.491 e. The molecule has 2 rings (SSSR count). The van der Waals surface area contributed by atoms with Gasteiger partial charge in [0.05, 0.1) is 5.02 Å². The molecule has 94 valence electrons. The van der Waals surface area contributed by atoms with Gasteiger partial charge in [-0.3, -0.25) is 0 Å². The molecule has 1 aromatic rings. The van der Waals surface area contributed by atoms with Crippen molar-refractivity contribution in [2.75, 3.05) is 26.2 Å². The van der Waals surface area contributed by atoms with Crippen LogP contribution in [0.25, 0.3) is 0 Å². The number of ether oxygens (including phenoxy) is 1. The summed E-state index contributed by atoms with van der Waals surface area (Å²) in [6.45, 7) is 5.83. The van der Waals surface area contributed by atoms with Gasteiger partial charge in [-0.1, -0.05) is 23.7 Å². The van der Waals surface area contributed by atoms with E-state index in [0.717, 1.165) is 25.4 Å². The quantitative estimate of drug-likeness (QED) is 0.790. The SMILES string of the molecule is CC1(NCCOc2ccccc2Cl)CCNC1. The summed E-state index contributed by atoms with van der Waals surface area (Å²) in [6, 6.07) is 7.56. The molecule has 4 heteroatoms. The summed E-state index contributed by atoms with van der Waals surface area (Å²) < 4.78 is 5.63. The lowest BCUT2D eigenvalue weighted by atomic mass is 10.0. The van der Waals surface area contributed by atoms with Crippen LogP contribution in [0.2, 0.25) is 5.02 Å². The van der Waals surface area contributed by atoms with Crippen LogP contribution in [-0.4, -0.2) is 31.8 Å². The zero-order valence-electron chi connectivity index (χ0n) is 10.1. The van der Waals surface area contributed by atoms with Crippen molar-refractivity contribution in [3.63, 3.8) is 0 Å². The highest BCUT2D eigenvalue weighted by Crippen LogP contribution is 2.22. The molecule has 1 saturated heterocycles. The number of rotatable bonds is 5. The Kier molecular flexibility index (Phi) is 4.26. The van der Waals surface area contributed by atoms with Gasteiger partial charge < -0.3 is 15.4 Å². The maximum Gasteiger partial charge on any atom is 0.137 e. The topological polar surface area (TPSA) is 33.3 Å². The van der Waals surface area contributed by atoms with E-state index in [-0.39, 0.29) is 5.54 Å². The normalized spacial score (nSPS) is 23.9. The van der Waals surface area contributed by atoms with Gasteiger partial charge in [0, 0.05) is 18.6 Å². The van der Waals surface area contributed by atoms with Crippen molar-refractivity contribution in [1.82, 2.24) is 10.6 Å². The summed E-state index contributed by atoms with van der Waals surface area (Å²) in [6.07, 6.45) is 1.17. The molecule has 0 bridgehead atoms. The molecule has 0 amide bonds. The second-order valence-corrected chi connectivity index (χ2v) is 5.10. The summed E-state index contributed by atoms with van der Waals surface area (Å²) in [5.41, 5.74) is 0.212. The number of para-hydroxylation sites is 1. The minimum atomic E-state index is 0.212. The van der Waals surface area contributed by atoms with Crippen LogP contribution >= 0.6 is 11.6 Å². The zero-order valence-corrected chi connectivity index (χ0v) is 10.9. The first-order valence-corrected chi connectivity index (χ1v) is 6.40. The third kappa shape index (κ3) is 3.60. The van der Waals surface area contributed by atoms with Crippen LogP contribution < -0.4 is 15.4 Å². The Bertz CT molecular complexity index is 364. The Balaban J connectivity index is 1.71. The van der Waals surface area contributed by atoms with E-state index in [0.29, 0.717) is 11.6 Å². The first-order valence-electron chi connectivity index (χ1n) is 6.03. The van der Waals surface area contributed by atoms with Gasteiger partial charge >= 0.3 is 0 Å². The van der Waals surface area contributed by atoms with Crippen molar-refractivity contribution in [2.24, 2.45) is 0 Å². The molecule has 3 nitrogen and oxygen atoms in total. The molecule has 1 heterocycles. The van der Waals surface area contributed by atoms with Crippen molar-refractivity contribution in [3.8, 4) is 5.75 Å². The van der Waals surface area contributed by atoms with Crippen molar-refractivity contribution in [2.45, 2.75) is 18.9 Å². The van der Waals surface area contributed by atoms with Gasteiger partial charge in [-0.2, -0.15) is 0 Å². The molecule has 0 saturated carbocycles. The minimum absolute atomic E-state index is 0.212. The van der Waals surface area contributed by atoms with Gasteiger partial charge in [0.1, 0.15) is 12.4 Å². The fourth-order valence-electron chi connectivity index (χ4n) is 2.04. The van der Waals surface area contributed by atoms with Crippen LogP contribution in [0.4, 0.5) is 0 Å². The van der Waals surface area contributed by atoms with Gasteiger partial charge in [-0.25, -0.2) is 0 Å². The molecule has 0 spiro atoms. The highest BCUT2D eigenvalue weighted by Gasteiger charge is 2.27. The van der Waals surface area contributed by atoms with Crippen LogP contribution in [0.15, 0.2) is 24.3 Å². The second-order valence-electron chi connectivity index (χ2n) is 4.69. The van der Waals surface area contributed by atoms with Crippen molar-refractivity contribution in [1.29, 1.82) is 0 Å². The fraction of sp³-hybridized carbons (Fsp3) is 0.538. The smallest absolute Gasteiger partial charge is 0.137 e. The maximum atomic E-state index is 6.00. The lowest BCUT2D eigenvalue weighted by molar-refractivity contribution is 0.283. The first kappa shape index (κ1) is 12.7. The molecule has 0 aliphatic carbocycles. The fourth-order valence-corrected chi connectivity index (χ4v) is 2.23. The Labute approximate surface area is 107 Å². The number of benzene rings is 1. The molecule has 1 unspecified atom stereocenters. The van der Waals surface area contributed by atoms with Gasteiger partial charge in [0.25, 0.3) is 0 Å². The Morgan fingerprint density at radius 1 is 1.47 bits per heavy atom. The molecule has 17 heavy (non-hydrogen) atoms. The van der Waals surface area contributed by atoms with Gasteiger partial charge in [0.2, 0.25) is 0 Å². The molecular formula is C13H19ClN2O.